The molecule has 0 heterocycles. The fourth-order valence-corrected chi connectivity index (χ4v) is 4.85. The summed E-state index contributed by atoms with van der Waals surface area (Å²) >= 11 is 0. The number of nitrogens with two attached hydrogens (primary N) is 1. The minimum atomic E-state index is -3.06. The third-order valence-electron chi connectivity index (χ3n) is 6.78. The van der Waals surface area contributed by atoms with Gasteiger partial charge in [0.25, 0.3) is 5.66 Å². The highest BCUT2D eigenvalue weighted by molar-refractivity contribution is 7.18. The Balaban J connectivity index is 2.05. The number of alkyl halides is 2. The van der Waals surface area contributed by atoms with Crippen molar-refractivity contribution in [2.45, 2.75) is 70.9 Å². The maximum absolute atomic E-state index is 13.8. The molecule has 1 fully saturated rings. The van der Waals surface area contributed by atoms with Crippen LogP contribution in [0.4, 0.5) is 14.5 Å². The van der Waals surface area contributed by atoms with Crippen LogP contribution in [0, 0.1) is 18.8 Å². The average molecular weight is 541 g/mol. The van der Waals surface area contributed by atoms with Crippen LogP contribution in [0.25, 0.3) is 6.08 Å². The number of hydrogen-bond donors (Lipinski definition) is 2. The number of halogens is 2. The first kappa shape index (κ1) is 31.4. The summed E-state index contributed by atoms with van der Waals surface area (Å²) in [5.41, 5.74) is 6.11. The van der Waals surface area contributed by atoms with Gasteiger partial charge in [0.15, 0.2) is 0 Å². The smallest absolute Gasteiger partial charge is 0.283 e. The van der Waals surface area contributed by atoms with Crippen LogP contribution < -0.4 is 11.1 Å². The van der Waals surface area contributed by atoms with Crippen molar-refractivity contribution >= 4 is 26.8 Å². The second-order valence-electron chi connectivity index (χ2n) is 9.93. The quantitative estimate of drug-likeness (QED) is 0.133. The summed E-state index contributed by atoms with van der Waals surface area (Å²) in [4.78, 5) is 12.4. The van der Waals surface area contributed by atoms with Crippen LogP contribution in [0.2, 0.25) is 0 Å². The molecule has 0 spiro atoms. The summed E-state index contributed by atoms with van der Waals surface area (Å²) in [6, 6.07) is 6.15. The molecule has 6 heteroatoms. The van der Waals surface area contributed by atoms with E-state index in [-0.39, 0.29) is 17.4 Å². The molecule has 3 nitrogen and oxygen atoms in total. The zero-order valence-electron chi connectivity index (χ0n) is 22.8. The van der Waals surface area contributed by atoms with Crippen molar-refractivity contribution < 1.29 is 13.6 Å². The molecule has 1 aromatic carbocycles. The van der Waals surface area contributed by atoms with Gasteiger partial charge in [0.1, 0.15) is 5.78 Å². The lowest BCUT2D eigenvalue weighted by Crippen LogP contribution is -2.10. The number of carbonyl (C=O) groups is 1. The Labute approximate surface area is 229 Å². The molecular weight excluding hydrogens is 497 g/mol. The van der Waals surface area contributed by atoms with E-state index in [0.717, 1.165) is 68.1 Å². The number of ketones is 1. The second kappa shape index (κ2) is 16.2. The lowest BCUT2D eigenvalue weighted by Gasteiger charge is -2.12. The van der Waals surface area contributed by atoms with E-state index in [2.05, 4.69) is 37.0 Å². The van der Waals surface area contributed by atoms with E-state index < -0.39 is 5.66 Å². The van der Waals surface area contributed by atoms with Crippen LogP contribution >= 0.6 is 9.24 Å². The van der Waals surface area contributed by atoms with Crippen LogP contribution in [0.5, 0.6) is 0 Å². The van der Waals surface area contributed by atoms with Gasteiger partial charge in [-0.1, -0.05) is 77.6 Å². The Morgan fingerprint density at radius 3 is 2.61 bits per heavy atom. The molecule has 0 saturated heterocycles. The topological polar surface area (TPSA) is 55.1 Å². The number of carbonyl (C=O) groups excluding carboxylic acids is 1. The zero-order chi connectivity index (χ0) is 28.0. The van der Waals surface area contributed by atoms with Gasteiger partial charge in [0.05, 0.1) is 0 Å². The van der Waals surface area contributed by atoms with Crippen molar-refractivity contribution in [3.8, 4) is 0 Å². The predicted molar refractivity (Wildman–Crippen MR) is 162 cm³/mol. The summed E-state index contributed by atoms with van der Waals surface area (Å²) in [6.07, 6.45) is 22.8. The van der Waals surface area contributed by atoms with Gasteiger partial charge in [-0.15, -0.1) is 0 Å². The summed E-state index contributed by atoms with van der Waals surface area (Å²) in [5, 5.41) is 3.32. The van der Waals surface area contributed by atoms with Crippen molar-refractivity contribution in [3.63, 3.8) is 0 Å². The highest BCUT2D eigenvalue weighted by Crippen LogP contribution is 2.32. The number of nitrogens with one attached hydrogen (secondary N) is 1. The standard InChI is InChI=1S/C32H43F2N2OP/c1-4-10-27-19-20-30(23-24(27)2)36-25(3)17-18-26(12-9-15-29(21-22-35)32(33,34)38)11-5-8-16-31(37)28-13-6-7-14-28/h4,9-10,12,15,17-23,26,28,36H,3,5-8,11,13-14,16,35,38H2,1-2H3/b10-4-,12-9+,18-17?,22-21+,29-15+. The van der Waals surface area contributed by atoms with Crippen molar-refractivity contribution in [2.24, 2.45) is 17.6 Å². The first-order chi connectivity index (χ1) is 18.1. The van der Waals surface area contributed by atoms with Crippen molar-refractivity contribution in [1.29, 1.82) is 0 Å². The third kappa shape index (κ3) is 11.3. The number of unbranched alkanes of at least 4 members (excludes halogenated alkanes) is 1. The number of rotatable bonds is 15. The van der Waals surface area contributed by atoms with Gasteiger partial charge in [-0.3, -0.25) is 4.79 Å². The van der Waals surface area contributed by atoms with E-state index in [1.807, 2.05) is 37.3 Å². The number of anilines is 1. The molecule has 2 atom stereocenters. The van der Waals surface area contributed by atoms with Gasteiger partial charge in [-0.25, -0.2) is 0 Å². The van der Waals surface area contributed by atoms with Gasteiger partial charge in [0.2, 0.25) is 0 Å². The molecular formula is C32H43F2N2OP. The molecule has 1 aliphatic rings. The van der Waals surface area contributed by atoms with E-state index in [9.17, 15) is 13.6 Å². The van der Waals surface area contributed by atoms with Crippen LogP contribution in [-0.4, -0.2) is 11.4 Å². The van der Waals surface area contributed by atoms with E-state index in [4.69, 9.17) is 5.73 Å². The van der Waals surface area contributed by atoms with Gasteiger partial charge in [-0.05, 0) is 87.1 Å². The highest BCUT2D eigenvalue weighted by atomic mass is 31.0. The molecule has 0 aromatic heterocycles. The summed E-state index contributed by atoms with van der Waals surface area (Å²) in [6.45, 7) is 8.18. The first-order valence-corrected chi connectivity index (χ1v) is 14.1. The van der Waals surface area contributed by atoms with Crippen LogP contribution in [0.1, 0.15) is 69.4 Å². The Hall–Kier alpha value is -2.78. The fourth-order valence-electron chi connectivity index (χ4n) is 4.66. The molecule has 1 aromatic rings. The second-order valence-corrected chi connectivity index (χ2v) is 10.7. The molecule has 2 rings (SSSR count). The number of aryl methyl sites for hydroxylation is 1. The summed E-state index contributed by atoms with van der Waals surface area (Å²) in [7, 11) is 1.54. The number of allylic oxidation sites excluding steroid dienone is 8. The highest BCUT2D eigenvalue weighted by Gasteiger charge is 2.25. The molecule has 0 aliphatic heterocycles. The fraction of sp³-hybridized carbons (Fsp3) is 0.406. The minimum absolute atomic E-state index is 0.00595. The number of Topliss-reactive ketones (excluding diaryl/α,β-unsaturated/α-hetero) is 1. The summed E-state index contributed by atoms with van der Waals surface area (Å²) < 4.78 is 27.6. The molecule has 0 radical (unpaired) electrons. The first-order valence-electron chi connectivity index (χ1n) is 13.5. The largest absolute Gasteiger partial charge is 0.405 e. The lowest BCUT2D eigenvalue weighted by atomic mass is 9.95. The van der Waals surface area contributed by atoms with Gasteiger partial charge >= 0.3 is 0 Å². The van der Waals surface area contributed by atoms with Gasteiger partial charge < -0.3 is 11.1 Å². The maximum atomic E-state index is 13.8. The molecule has 2 unspecified atom stereocenters. The lowest BCUT2D eigenvalue weighted by molar-refractivity contribution is -0.122. The Bertz CT molecular complexity index is 1070. The van der Waals surface area contributed by atoms with E-state index in [1.54, 1.807) is 6.08 Å². The van der Waals surface area contributed by atoms with Crippen LogP contribution in [-0.2, 0) is 4.79 Å². The monoisotopic (exact) mass is 540 g/mol. The number of benzene rings is 1. The van der Waals surface area contributed by atoms with E-state index >= 15 is 0 Å². The SMILES string of the molecule is C=C(C=CC(/C=C/C=C(\C=C\N)C(F)(F)P)CCCCC(=O)C1CCCC1)Nc1ccc(/C=C\C)c(C)c1. The average Bonchev–Trinajstić information content (AvgIpc) is 3.40. The molecule has 0 bridgehead atoms. The predicted octanol–water partition coefficient (Wildman–Crippen LogP) is 8.87. The van der Waals surface area contributed by atoms with Crippen LogP contribution in [0.3, 0.4) is 0 Å². The van der Waals surface area contributed by atoms with Crippen molar-refractivity contribution in [3.05, 3.63) is 95.9 Å². The van der Waals surface area contributed by atoms with Crippen molar-refractivity contribution in [1.82, 2.24) is 0 Å². The summed E-state index contributed by atoms with van der Waals surface area (Å²) in [5.74, 6) is 0.650. The maximum Gasteiger partial charge on any atom is 0.283 e. The Kier molecular flexibility index (Phi) is 13.4. The molecule has 206 valence electrons. The molecule has 3 N–H and O–H groups in total. The molecule has 1 aliphatic carbocycles. The van der Waals surface area contributed by atoms with E-state index in [1.165, 1.54) is 27.0 Å². The van der Waals surface area contributed by atoms with Gasteiger partial charge in [0, 0.05) is 29.3 Å². The Morgan fingerprint density at radius 1 is 1.24 bits per heavy atom. The van der Waals surface area contributed by atoms with Crippen molar-refractivity contribution in [2.75, 3.05) is 5.32 Å². The third-order valence-corrected chi connectivity index (χ3v) is 7.11. The molecule has 1 saturated carbocycles. The van der Waals surface area contributed by atoms with Crippen LogP contribution in [0.15, 0.2) is 84.8 Å². The molecule has 38 heavy (non-hydrogen) atoms. The number of hydrogen-bond acceptors (Lipinski definition) is 3. The normalized spacial score (nSPS) is 16.4. The Morgan fingerprint density at radius 2 is 1.97 bits per heavy atom. The van der Waals surface area contributed by atoms with Gasteiger partial charge in [-0.2, -0.15) is 8.78 Å². The molecule has 0 amide bonds. The minimum Gasteiger partial charge on any atom is -0.405 e. The zero-order valence-corrected chi connectivity index (χ0v) is 23.9. The van der Waals surface area contributed by atoms with E-state index in [0.29, 0.717) is 12.2 Å².